The zero-order chi connectivity index (χ0) is 9.30. The Labute approximate surface area is 81.7 Å². The molecule has 0 unspecified atom stereocenters. The fourth-order valence-electron chi connectivity index (χ4n) is 1.34. The van der Waals surface area contributed by atoms with Crippen molar-refractivity contribution in [1.82, 2.24) is 4.98 Å². The van der Waals surface area contributed by atoms with E-state index >= 15 is 0 Å². The van der Waals surface area contributed by atoms with Gasteiger partial charge in [-0.15, -0.1) is 11.8 Å². The highest BCUT2D eigenvalue weighted by Crippen LogP contribution is 2.03. The molecule has 0 bridgehead atoms. The van der Waals surface area contributed by atoms with Gasteiger partial charge in [-0.05, 0) is 22.3 Å². The van der Waals surface area contributed by atoms with Gasteiger partial charge in [0.25, 0.3) is 0 Å². The Kier molecular flexibility index (Phi) is 2.99. The van der Waals surface area contributed by atoms with Gasteiger partial charge in [-0.3, -0.25) is 4.98 Å². The molecule has 0 fully saturated rings. The largest absolute Gasteiger partial charge is 0.281 e. The van der Waals surface area contributed by atoms with Crippen LogP contribution in [0.15, 0.2) is 4.90 Å². The lowest BCUT2D eigenvalue weighted by molar-refractivity contribution is 1.44. The molecule has 1 heterocycles. The molecule has 12 heavy (non-hydrogen) atoms. The predicted molar refractivity (Wildman–Crippen MR) is 68.7 cm³/mol. The minimum Gasteiger partial charge on any atom is -0.281 e. The Hall–Kier alpha value is -0.240. The molecule has 1 nitrogen and oxygen atoms in total. The Balaban J connectivity index is 3.42. The smallest absolute Gasteiger partial charge is 0.163 e. The van der Waals surface area contributed by atoms with Crippen LogP contribution >= 0.6 is 11.8 Å². The summed E-state index contributed by atoms with van der Waals surface area (Å²) in [6, 6.07) is 0. The van der Waals surface area contributed by atoms with E-state index in [1.807, 2.05) is 11.8 Å². The summed E-state index contributed by atoms with van der Waals surface area (Å²) >= 11 is 1.81. The summed E-state index contributed by atoms with van der Waals surface area (Å²) in [7, 11) is 8.42. The number of hydrogen-bond donors (Lipinski definition) is 0. The average molecular weight is 172 g/mol. The van der Waals surface area contributed by atoms with E-state index in [9.17, 15) is 0 Å². The van der Waals surface area contributed by atoms with E-state index in [1.54, 1.807) is 0 Å². The molecule has 0 radical (unpaired) electrons. The second-order valence-corrected chi connectivity index (χ2v) is 3.88. The van der Waals surface area contributed by atoms with Gasteiger partial charge in [0.05, 0.1) is 0 Å². The fourth-order valence-corrected chi connectivity index (χ4v) is 2.24. The summed E-state index contributed by atoms with van der Waals surface area (Å²) in [5, 5.41) is 0. The zero-order valence-electron chi connectivity index (χ0n) is 8.36. The number of pyridine rings is 1. The fraction of sp³-hybridized carbons (Fsp3) is 0.167. The molecule has 1 aromatic heterocycles. The molecule has 0 amide bonds. The summed E-state index contributed by atoms with van der Waals surface area (Å²) < 4.78 is 0. The van der Waals surface area contributed by atoms with Crippen molar-refractivity contribution in [2.75, 3.05) is 6.26 Å². The van der Waals surface area contributed by atoms with Gasteiger partial charge >= 0.3 is 0 Å². The lowest BCUT2D eigenvalue weighted by Crippen LogP contribution is -2.45. The molecule has 0 atom stereocenters. The van der Waals surface area contributed by atoms with Crippen molar-refractivity contribution in [3.63, 3.8) is 0 Å². The van der Waals surface area contributed by atoms with E-state index < -0.39 is 0 Å². The second kappa shape index (κ2) is 3.65. The summed E-state index contributed by atoms with van der Waals surface area (Å²) in [4.78, 5) is 5.86. The van der Waals surface area contributed by atoms with Gasteiger partial charge in [-0.1, -0.05) is 10.9 Å². The molecule has 0 saturated carbocycles. The summed E-state index contributed by atoms with van der Waals surface area (Å²) in [5.41, 5.74) is 4.96. The Morgan fingerprint density at radius 2 is 1.42 bits per heavy atom. The van der Waals surface area contributed by atoms with Crippen LogP contribution in [0.4, 0.5) is 0 Å². The van der Waals surface area contributed by atoms with Crippen molar-refractivity contribution in [1.29, 1.82) is 0 Å². The Morgan fingerprint density at radius 3 is 1.75 bits per heavy atom. The van der Waals surface area contributed by atoms with Crippen LogP contribution < -0.4 is 22.1 Å². The van der Waals surface area contributed by atoms with Crippen LogP contribution in [0.5, 0.6) is 0 Å². The normalized spacial score (nSPS) is 10.1. The van der Waals surface area contributed by atoms with Crippen LogP contribution in [0.1, 0.15) is 0 Å². The van der Waals surface area contributed by atoms with Gasteiger partial charge in [-0.25, -0.2) is 0 Å². The minimum atomic E-state index is 1.16. The number of thioether (sulfide) groups is 1. The first-order chi connectivity index (χ1) is 5.57. The summed E-state index contributed by atoms with van der Waals surface area (Å²) in [6.45, 7) is 0. The predicted octanol–water partition coefficient (Wildman–Crippen LogP) is -5.16. The topological polar surface area (TPSA) is 12.9 Å². The van der Waals surface area contributed by atoms with Crippen molar-refractivity contribution < 1.29 is 0 Å². The SMILES string of the molecule is Bc1nc(B)c(B)c(SC)c1B. The molecule has 0 aromatic carbocycles. The second-order valence-electron chi connectivity index (χ2n) is 3.07. The first-order valence-corrected chi connectivity index (χ1v) is 5.28. The lowest BCUT2D eigenvalue weighted by Gasteiger charge is -2.12. The third-order valence-corrected chi connectivity index (χ3v) is 3.33. The van der Waals surface area contributed by atoms with E-state index in [0.717, 1.165) is 11.2 Å². The maximum Gasteiger partial charge on any atom is 0.163 e. The molecule has 0 aliphatic carbocycles. The molecular formula is C6H11B4NS. The van der Waals surface area contributed by atoms with Gasteiger partial charge in [0, 0.05) is 0 Å². The number of nitrogens with zero attached hydrogens (tertiary/aromatic N) is 1. The molecule has 0 aliphatic rings. The molecule has 6 heteroatoms. The van der Waals surface area contributed by atoms with Gasteiger partial charge < -0.3 is 0 Å². The van der Waals surface area contributed by atoms with Crippen LogP contribution in [-0.4, -0.2) is 42.6 Å². The molecule has 0 N–H and O–H groups in total. The third-order valence-electron chi connectivity index (χ3n) is 2.31. The minimum absolute atomic E-state index is 1.16. The number of aromatic nitrogens is 1. The van der Waals surface area contributed by atoms with Crippen molar-refractivity contribution in [2.45, 2.75) is 4.90 Å². The first kappa shape index (κ1) is 9.84. The lowest BCUT2D eigenvalue weighted by atomic mass is 9.77. The van der Waals surface area contributed by atoms with E-state index in [4.69, 9.17) is 0 Å². The van der Waals surface area contributed by atoms with Crippen LogP contribution in [0.25, 0.3) is 0 Å². The highest BCUT2D eigenvalue weighted by Gasteiger charge is 2.06. The van der Waals surface area contributed by atoms with E-state index in [-0.39, 0.29) is 0 Å². The average Bonchev–Trinajstić information content (AvgIpc) is 2.02. The molecule has 0 aliphatic heterocycles. The van der Waals surface area contributed by atoms with Crippen molar-refractivity contribution >= 4 is 65.3 Å². The highest BCUT2D eigenvalue weighted by atomic mass is 32.2. The van der Waals surface area contributed by atoms with Gasteiger partial charge in [0.1, 0.15) is 15.7 Å². The van der Waals surface area contributed by atoms with Gasteiger partial charge in [0.2, 0.25) is 0 Å². The summed E-state index contributed by atoms with van der Waals surface area (Å²) in [6.07, 6.45) is 2.12. The standard InChI is InChI=1S/C6H11B4NS/c1-12-4-2(7)5(9)11-6(10)3(4)8/h7-10H2,1H3. The zero-order valence-corrected chi connectivity index (χ0v) is 9.17. The first-order valence-electron chi connectivity index (χ1n) is 4.06. The van der Waals surface area contributed by atoms with E-state index in [0.29, 0.717) is 0 Å². The van der Waals surface area contributed by atoms with Crippen LogP contribution in [-0.2, 0) is 0 Å². The Morgan fingerprint density at radius 1 is 1.00 bits per heavy atom. The maximum absolute atomic E-state index is 4.47. The van der Waals surface area contributed by atoms with Crippen molar-refractivity contribution in [2.24, 2.45) is 0 Å². The molecule has 58 valence electrons. The molecule has 0 saturated heterocycles. The molecule has 1 aromatic rings. The van der Waals surface area contributed by atoms with E-state index in [1.165, 1.54) is 15.8 Å². The van der Waals surface area contributed by atoms with Crippen LogP contribution in [0, 0.1) is 0 Å². The van der Waals surface area contributed by atoms with Crippen molar-refractivity contribution in [3.8, 4) is 0 Å². The highest BCUT2D eigenvalue weighted by molar-refractivity contribution is 7.99. The quantitative estimate of drug-likeness (QED) is 0.310. The van der Waals surface area contributed by atoms with E-state index in [2.05, 4.69) is 42.6 Å². The van der Waals surface area contributed by atoms with Gasteiger partial charge in [0.15, 0.2) is 15.7 Å². The molecular weight excluding hydrogens is 161 g/mol. The number of rotatable bonds is 1. The summed E-state index contributed by atoms with van der Waals surface area (Å²) in [5.74, 6) is 0. The third kappa shape index (κ3) is 1.58. The molecule has 1 rings (SSSR count). The maximum atomic E-state index is 4.47. The molecule has 0 spiro atoms. The van der Waals surface area contributed by atoms with Gasteiger partial charge in [-0.2, -0.15) is 0 Å². The number of hydrogen-bond acceptors (Lipinski definition) is 2. The van der Waals surface area contributed by atoms with Crippen molar-refractivity contribution in [3.05, 3.63) is 0 Å². The van der Waals surface area contributed by atoms with Crippen LogP contribution in [0.2, 0.25) is 0 Å². The van der Waals surface area contributed by atoms with Crippen LogP contribution in [0.3, 0.4) is 0 Å². The Bertz CT molecular complexity index is 289. The monoisotopic (exact) mass is 173 g/mol.